The fourth-order valence-corrected chi connectivity index (χ4v) is 2.15. The molecule has 0 radical (unpaired) electrons. The van der Waals surface area contributed by atoms with Gasteiger partial charge in [-0.2, -0.15) is 0 Å². The number of likely N-dealkylation sites (N-methyl/N-ethyl adjacent to an activating group) is 1. The first kappa shape index (κ1) is 16.0. The number of aryl methyl sites for hydroxylation is 1. The Morgan fingerprint density at radius 2 is 1.89 bits per heavy atom. The summed E-state index contributed by atoms with van der Waals surface area (Å²) in [7, 11) is 4.27. The van der Waals surface area contributed by atoms with E-state index in [1.54, 1.807) is 0 Å². The van der Waals surface area contributed by atoms with Gasteiger partial charge in [0.25, 0.3) is 0 Å². The van der Waals surface area contributed by atoms with E-state index in [0.717, 1.165) is 19.6 Å². The molecular formula is C16H29N3. The second-order valence-corrected chi connectivity index (χ2v) is 5.39. The summed E-state index contributed by atoms with van der Waals surface area (Å²) in [6.45, 7) is 9.97. The zero-order chi connectivity index (χ0) is 14.1. The molecule has 0 amide bonds. The Bertz CT molecular complexity index is 350. The number of nitrogens with one attached hydrogen (secondary N) is 1. The Labute approximate surface area is 118 Å². The molecule has 0 fully saturated rings. The van der Waals surface area contributed by atoms with Gasteiger partial charge in [0.05, 0.1) is 0 Å². The van der Waals surface area contributed by atoms with Crippen LogP contribution in [0.25, 0.3) is 0 Å². The molecule has 0 saturated carbocycles. The Morgan fingerprint density at radius 3 is 2.53 bits per heavy atom. The van der Waals surface area contributed by atoms with Crippen molar-refractivity contribution in [1.29, 1.82) is 0 Å². The summed E-state index contributed by atoms with van der Waals surface area (Å²) in [5, 5.41) is 3.50. The van der Waals surface area contributed by atoms with E-state index < -0.39 is 0 Å². The first-order valence-corrected chi connectivity index (χ1v) is 7.29. The highest BCUT2D eigenvalue weighted by molar-refractivity contribution is 5.45. The van der Waals surface area contributed by atoms with E-state index in [2.05, 4.69) is 67.3 Å². The summed E-state index contributed by atoms with van der Waals surface area (Å²) < 4.78 is 0. The third-order valence-corrected chi connectivity index (χ3v) is 3.30. The van der Waals surface area contributed by atoms with Crippen LogP contribution < -0.4 is 5.32 Å². The molecule has 0 aliphatic carbocycles. The molecule has 0 aliphatic heterocycles. The van der Waals surface area contributed by atoms with Crippen LogP contribution >= 0.6 is 0 Å². The standard InChI is InChI=1S/C16H29N3/c1-5-19(12-7-11-18(3)4)13-10-17-16-9-6-8-15(2)14-16/h6,8-9,14,17H,5,7,10-13H2,1-4H3. The van der Waals surface area contributed by atoms with Crippen molar-refractivity contribution < 1.29 is 0 Å². The van der Waals surface area contributed by atoms with Crippen LogP contribution in [0.3, 0.4) is 0 Å². The molecule has 0 unspecified atom stereocenters. The Morgan fingerprint density at radius 1 is 1.11 bits per heavy atom. The molecule has 0 saturated heterocycles. The molecule has 1 rings (SSSR count). The summed E-state index contributed by atoms with van der Waals surface area (Å²) in [6, 6.07) is 8.56. The van der Waals surface area contributed by atoms with Crippen LogP contribution in [0.5, 0.6) is 0 Å². The van der Waals surface area contributed by atoms with Crippen molar-refractivity contribution in [2.24, 2.45) is 0 Å². The van der Waals surface area contributed by atoms with Crippen LogP contribution in [0, 0.1) is 6.92 Å². The second-order valence-electron chi connectivity index (χ2n) is 5.39. The van der Waals surface area contributed by atoms with Gasteiger partial charge in [-0.15, -0.1) is 0 Å². The van der Waals surface area contributed by atoms with Gasteiger partial charge in [-0.3, -0.25) is 0 Å². The molecule has 3 nitrogen and oxygen atoms in total. The third-order valence-electron chi connectivity index (χ3n) is 3.30. The number of hydrogen-bond acceptors (Lipinski definition) is 3. The van der Waals surface area contributed by atoms with Gasteiger partial charge in [0.1, 0.15) is 0 Å². The largest absolute Gasteiger partial charge is 0.384 e. The van der Waals surface area contributed by atoms with E-state index >= 15 is 0 Å². The maximum absolute atomic E-state index is 3.50. The number of anilines is 1. The first-order valence-electron chi connectivity index (χ1n) is 7.29. The molecule has 108 valence electrons. The van der Waals surface area contributed by atoms with Gasteiger partial charge in [-0.05, 0) is 64.8 Å². The number of hydrogen-bond donors (Lipinski definition) is 1. The van der Waals surface area contributed by atoms with Gasteiger partial charge in [0.2, 0.25) is 0 Å². The summed E-state index contributed by atoms with van der Waals surface area (Å²) in [5.41, 5.74) is 2.53. The molecule has 0 atom stereocenters. The average molecular weight is 263 g/mol. The molecule has 1 N–H and O–H groups in total. The van der Waals surface area contributed by atoms with Gasteiger partial charge < -0.3 is 15.1 Å². The summed E-state index contributed by atoms with van der Waals surface area (Å²) >= 11 is 0. The molecule has 0 bridgehead atoms. The van der Waals surface area contributed by atoms with Crippen LogP contribution in [0.15, 0.2) is 24.3 Å². The lowest BCUT2D eigenvalue weighted by Gasteiger charge is -2.21. The van der Waals surface area contributed by atoms with Gasteiger partial charge in [0, 0.05) is 18.8 Å². The zero-order valence-electron chi connectivity index (χ0n) is 12.9. The molecular weight excluding hydrogens is 234 g/mol. The van der Waals surface area contributed by atoms with Crippen LogP contribution in [0.4, 0.5) is 5.69 Å². The van der Waals surface area contributed by atoms with E-state index in [0.29, 0.717) is 0 Å². The molecule has 0 aliphatic rings. The fourth-order valence-electron chi connectivity index (χ4n) is 2.15. The van der Waals surface area contributed by atoms with Crippen molar-refractivity contribution in [3.63, 3.8) is 0 Å². The Hall–Kier alpha value is -1.06. The minimum absolute atomic E-state index is 1.01. The van der Waals surface area contributed by atoms with Gasteiger partial charge in [-0.25, -0.2) is 0 Å². The van der Waals surface area contributed by atoms with Crippen molar-refractivity contribution in [2.45, 2.75) is 20.3 Å². The maximum Gasteiger partial charge on any atom is 0.0343 e. The molecule has 0 heterocycles. The number of rotatable bonds is 9. The molecule has 1 aromatic rings. The minimum atomic E-state index is 1.01. The SMILES string of the molecule is CCN(CCCN(C)C)CCNc1cccc(C)c1. The Balaban J connectivity index is 2.22. The zero-order valence-corrected chi connectivity index (χ0v) is 12.9. The molecule has 3 heteroatoms. The van der Waals surface area contributed by atoms with Crippen molar-refractivity contribution in [1.82, 2.24) is 9.80 Å². The molecule has 0 aromatic heterocycles. The van der Waals surface area contributed by atoms with Gasteiger partial charge in [0.15, 0.2) is 0 Å². The third kappa shape index (κ3) is 7.19. The highest BCUT2D eigenvalue weighted by Crippen LogP contribution is 2.08. The highest BCUT2D eigenvalue weighted by Gasteiger charge is 2.02. The van der Waals surface area contributed by atoms with Crippen molar-refractivity contribution >= 4 is 5.69 Å². The molecule has 0 spiro atoms. The lowest BCUT2D eigenvalue weighted by Crippen LogP contribution is -2.31. The van der Waals surface area contributed by atoms with E-state index in [1.807, 2.05) is 0 Å². The average Bonchev–Trinajstić information content (AvgIpc) is 2.36. The predicted molar refractivity (Wildman–Crippen MR) is 85.0 cm³/mol. The summed E-state index contributed by atoms with van der Waals surface area (Å²) in [5.74, 6) is 0. The van der Waals surface area contributed by atoms with Crippen molar-refractivity contribution in [2.75, 3.05) is 52.1 Å². The number of nitrogens with zero attached hydrogens (tertiary/aromatic N) is 2. The fraction of sp³-hybridized carbons (Fsp3) is 0.625. The summed E-state index contributed by atoms with van der Waals surface area (Å²) in [4.78, 5) is 4.76. The summed E-state index contributed by atoms with van der Waals surface area (Å²) in [6.07, 6.45) is 1.24. The Kier molecular flexibility index (Phi) is 7.53. The second kappa shape index (κ2) is 8.94. The first-order chi connectivity index (χ1) is 9.11. The van der Waals surface area contributed by atoms with Crippen LogP contribution in [0.1, 0.15) is 18.9 Å². The van der Waals surface area contributed by atoms with Crippen LogP contribution in [0.2, 0.25) is 0 Å². The van der Waals surface area contributed by atoms with Crippen LogP contribution in [-0.4, -0.2) is 56.6 Å². The lowest BCUT2D eigenvalue weighted by atomic mass is 10.2. The van der Waals surface area contributed by atoms with E-state index in [-0.39, 0.29) is 0 Å². The quantitative estimate of drug-likeness (QED) is 0.739. The highest BCUT2D eigenvalue weighted by atomic mass is 15.1. The van der Waals surface area contributed by atoms with Gasteiger partial charge in [-0.1, -0.05) is 19.1 Å². The van der Waals surface area contributed by atoms with E-state index in [1.165, 1.54) is 30.8 Å². The monoisotopic (exact) mass is 263 g/mol. The van der Waals surface area contributed by atoms with E-state index in [4.69, 9.17) is 0 Å². The van der Waals surface area contributed by atoms with Gasteiger partial charge >= 0.3 is 0 Å². The smallest absolute Gasteiger partial charge is 0.0343 e. The normalized spacial score (nSPS) is 11.3. The van der Waals surface area contributed by atoms with E-state index in [9.17, 15) is 0 Å². The van der Waals surface area contributed by atoms with Crippen LogP contribution in [-0.2, 0) is 0 Å². The van der Waals surface area contributed by atoms with Crippen molar-refractivity contribution in [3.8, 4) is 0 Å². The molecule has 19 heavy (non-hydrogen) atoms. The van der Waals surface area contributed by atoms with Crippen molar-refractivity contribution in [3.05, 3.63) is 29.8 Å². The molecule has 1 aromatic carbocycles. The predicted octanol–water partition coefficient (Wildman–Crippen LogP) is 2.68. The maximum atomic E-state index is 3.50. The minimum Gasteiger partial charge on any atom is -0.384 e. The topological polar surface area (TPSA) is 18.5 Å². The lowest BCUT2D eigenvalue weighted by molar-refractivity contribution is 0.275. The number of benzene rings is 1.